The third-order valence-electron chi connectivity index (χ3n) is 4.02. The zero-order valence-electron chi connectivity index (χ0n) is 9.50. The van der Waals surface area contributed by atoms with Crippen LogP contribution in [0.5, 0.6) is 0 Å². The Morgan fingerprint density at radius 3 is 2.87 bits per heavy atom. The van der Waals surface area contributed by atoms with Crippen LogP contribution in [0.15, 0.2) is 0 Å². The Hall–Kier alpha value is -0.570. The third-order valence-corrected chi connectivity index (χ3v) is 4.02. The summed E-state index contributed by atoms with van der Waals surface area (Å²) in [6.45, 7) is 1.84. The van der Waals surface area contributed by atoms with Crippen LogP contribution >= 0.6 is 0 Å². The molecule has 3 nitrogen and oxygen atoms in total. The summed E-state index contributed by atoms with van der Waals surface area (Å²) in [4.78, 5) is 10.7. The molecule has 2 atom stereocenters. The summed E-state index contributed by atoms with van der Waals surface area (Å²) >= 11 is 0. The summed E-state index contributed by atoms with van der Waals surface area (Å²) in [5.74, 6) is 0.350. The van der Waals surface area contributed by atoms with Crippen LogP contribution in [0.2, 0.25) is 0 Å². The first-order valence-corrected chi connectivity index (χ1v) is 6.00. The van der Waals surface area contributed by atoms with E-state index in [1.165, 1.54) is 45.4 Å². The normalized spacial score (nSPS) is 29.9. The number of carbonyl (C=O) groups is 1. The van der Waals surface area contributed by atoms with Gasteiger partial charge in [0.25, 0.3) is 0 Å². The van der Waals surface area contributed by atoms with E-state index in [1.54, 1.807) is 0 Å². The number of esters is 1. The summed E-state index contributed by atoms with van der Waals surface area (Å²) in [7, 11) is 0. The largest absolute Gasteiger partial charge is 0.464 e. The smallest absolute Gasteiger partial charge is 0.302 e. The maximum Gasteiger partial charge on any atom is 0.302 e. The quantitative estimate of drug-likeness (QED) is 0.725. The average molecular weight is 211 g/mol. The zero-order valence-corrected chi connectivity index (χ0v) is 9.50. The van der Waals surface area contributed by atoms with Crippen LogP contribution in [0.25, 0.3) is 0 Å². The van der Waals surface area contributed by atoms with Crippen molar-refractivity contribution in [3.05, 3.63) is 0 Å². The molecule has 0 aromatic carbocycles. The van der Waals surface area contributed by atoms with Gasteiger partial charge >= 0.3 is 5.97 Å². The van der Waals surface area contributed by atoms with E-state index in [0.29, 0.717) is 17.9 Å². The predicted molar refractivity (Wildman–Crippen MR) is 58.2 cm³/mol. The van der Waals surface area contributed by atoms with E-state index in [0.717, 1.165) is 0 Å². The first kappa shape index (κ1) is 10.9. The molecular weight excluding hydrogens is 190 g/mol. The number of hydrogen-bond donors (Lipinski definition) is 1. The van der Waals surface area contributed by atoms with E-state index in [2.05, 4.69) is 0 Å². The Bertz CT molecular complexity index is 248. The lowest BCUT2D eigenvalue weighted by atomic mass is 9.76. The molecule has 0 aliphatic heterocycles. The topological polar surface area (TPSA) is 52.3 Å². The molecular formula is C12H21NO2. The van der Waals surface area contributed by atoms with E-state index in [4.69, 9.17) is 10.5 Å². The van der Waals surface area contributed by atoms with Crippen LogP contribution in [0.3, 0.4) is 0 Å². The Morgan fingerprint density at radius 2 is 2.27 bits per heavy atom. The molecule has 1 unspecified atom stereocenters. The third kappa shape index (κ3) is 2.71. The lowest BCUT2D eigenvalue weighted by Crippen LogP contribution is -2.38. The van der Waals surface area contributed by atoms with Gasteiger partial charge < -0.3 is 10.5 Å². The van der Waals surface area contributed by atoms with Crippen molar-refractivity contribution in [2.24, 2.45) is 17.1 Å². The van der Waals surface area contributed by atoms with Crippen molar-refractivity contribution in [3.63, 3.8) is 0 Å². The van der Waals surface area contributed by atoms with Gasteiger partial charge in [0.1, 0.15) is 6.61 Å². The van der Waals surface area contributed by atoms with E-state index in [-0.39, 0.29) is 12.0 Å². The predicted octanol–water partition coefficient (Wildman–Crippen LogP) is 1.85. The first-order valence-electron chi connectivity index (χ1n) is 6.00. The number of nitrogens with two attached hydrogens (primary N) is 1. The molecule has 1 spiro atoms. The molecule has 2 N–H and O–H groups in total. The lowest BCUT2D eigenvalue weighted by Gasteiger charge is -2.32. The van der Waals surface area contributed by atoms with Crippen LogP contribution in [-0.2, 0) is 9.53 Å². The van der Waals surface area contributed by atoms with Crippen molar-refractivity contribution in [3.8, 4) is 0 Å². The highest BCUT2D eigenvalue weighted by Gasteiger charge is 2.46. The van der Waals surface area contributed by atoms with Crippen molar-refractivity contribution >= 4 is 5.97 Å². The Morgan fingerprint density at radius 1 is 1.53 bits per heavy atom. The van der Waals surface area contributed by atoms with E-state index >= 15 is 0 Å². The van der Waals surface area contributed by atoms with Gasteiger partial charge in [-0.15, -0.1) is 0 Å². The molecule has 0 saturated heterocycles. The fourth-order valence-corrected chi connectivity index (χ4v) is 2.85. The molecule has 2 aliphatic rings. The highest BCUT2D eigenvalue weighted by atomic mass is 16.5. The Labute approximate surface area is 91.4 Å². The highest BCUT2D eigenvalue weighted by Crippen LogP contribution is 2.57. The fraction of sp³-hybridized carbons (Fsp3) is 0.917. The number of ether oxygens (including phenoxy) is 1. The number of hydrogen-bond acceptors (Lipinski definition) is 3. The second-order valence-electron chi connectivity index (χ2n) is 5.32. The summed E-state index contributed by atoms with van der Waals surface area (Å²) in [6, 6.07) is 0.0478. The SMILES string of the molecule is CC(=O)OCC(N)[C@H]1CCCC2(CC2)C1. The molecule has 0 aromatic rings. The molecule has 3 heteroatoms. The van der Waals surface area contributed by atoms with Gasteiger partial charge in [0, 0.05) is 13.0 Å². The molecule has 2 fully saturated rings. The Kier molecular flexibility index (Phi) is 3.01. The van der Waals surface area contributed by atoms with Gasteiger partial charge in [0.15, 0.2) is 0 Å². The molecule has 0 aromatic heterocycles. The van der Waals surface area contributed by atoms with Crippen molar-refractivity contribution in [2.45, 2.75) is 51.5 Å². The van der Waals surface area contributed by atoms with Gasteiger partial charge in [-0.1, -0.05) is 6.42 Å². The fourth-order valence-electron chi connectivity index (χ4n) is 2.85. The standard InChI is InChI=1S/C12H21NO2/c1-9(14)15-8-11(13)10-3-2-4-12(7-10)5-6-12/h10-11H,2-8,13H2,1H3/t10-,11?/m0/s1. The molecule has 2 saturated carbocycles. The van der Waals surface area contributed by atoms with Crippen molar-refractivity contribution in [1.82, 2.24) is 0 Å². The van der Waals surface area contributed by atoms with Crippen LogP contribution in [0, 0.1) is 11.3 Å². The molecule has 2 aliphatic carbocycles. The molecule has 0 amide bonds. The highest BCUT2D eigenvalue weighted by molar-refractivity contribution is 5.65. The van der Waals surface area contributed by atoms with Gasteiger partial charge in [0.2, 0.25) is 0 Å². The minimum absolute atomic E-state index is 0.0478. The molecule has 15 heavy (non-hydrogen) atoms. The van der Waals surface area contributed by atoms with Crippen LogP contribution in [0.4, 0.5) is 0 Å². The van der Waals surface area contributed by atoms with Crippen molar-refractivity contribution < 1.29 is 9.53 Å². The lowest BCUT2D eigenvalue weighted by molar-refractivity contribution is -0.141. The summed E-state index contributed by atoms with van der Waals surface area (Å²) < 4.78 is 4.98. The molecule has 0 radical (unpaired) electrons. The van der Waals surface area contributed by atoms with Crippen LogP contribution < -0.4 is 5.73 Å². The molecule has 2 rings (SSSR count). The van der Waals surface area contributed by atoms with Gasteiger partial charge in [-0.05, 0) is 43.4 Å². The van der Waals surface area contributed by atoms with Gasteiger partial charge in [-0.2, -0.15) is 0 Å². The van der Waals surface area contributed by atoms with Crippen molar-refractivity contribution in [2.75, 3.05) is 6.61 Å². The second-order valence-corrected chi connectivity index (χ2v) is 5.32. The first-order chi connectivity index (χ1) is 7.11. The second kappa shape index (κ2) is 4.12. The maximum absolute atomic E-state index is 10.7. The summed E-state index contributed by atoms with van der Waals surface area (Å²) in [5, 5.41) is 0. The van der Waals surface area contributed by atoms with Crippen molar-refractivity contribution in [1.29, 1.82) is 0 Å². The molecule has 0 heterocycles. The van der Waals surface area contributed by atoms with Gasteiger partial charge in [-0.25, -0.2) is 0 Å². The van der Waals surface area contributed by atoms with Gasteiger partial charge in [-0.3, -0.25) is 4.79 Å². The van der Waals surface area contributed by atoms with Crippen LogP contribution in [0.1, 0.15) is 45.4 Å². The van der Waals surface area contributed by atoms with Crippen LogP contribution in [-0.4, -0.2) is 18.6 Å². The maximum atomic E-state index is 10.7. The number of carbonyl (C=O) groups excluding carboxylic acids is 1. The average Bonchev–Trinajstić information content (AvgIpc) is 2.94. The minimum Gasteiger partial charge on any atom is -0.464 e. The summed E-state index contributed by atoms with van der Waals surface area (Å²) in [5.41, 5.74) is 6.72. The van der Waals surface area contributed by atoms with E-state index < -0.39 is 0 Å². The molecule has 0 bridgehead atoms. The monoisotopic (exact) mass is 211 g/mol. The molecule has 86 valence electrons. The zero-order chi connectivity index (χ0) is 10.9. The Balaban J connectivity index is 1.79. The van der Waals surface area contributed by atoms with E-state index in [1.807, 2.05) is 0 Å². The van der Waals surface area contributed by atoms with E-state index in [9.17, 15) is 4.79 Å². The number of rotatable bonds is 3. The van der Waals surface area contributed by atoms with Gasteiger partial charge in [0.05, 0.1) is 0 Å². The summed E-state index contributed by atoms with van der Waals surface area (Å²) in [6.07, 6.45) is 7.95. The minimum atomic E-state index is -0.220.